The van der Waals surface area contributed by atoms with Crippen molar-refractivity contribution in [2.45, 2.75) is 20.8 Å². The summed E-state index contributed by atoms with van der Waals surface area (Å²) < 4.78 is 27.8. The van der Waals surface area contributed by atoms with Gasteiger partial charge in [0.2, 0.25) is 0 Å². The Bertz CT molecular complexity index is 1210. The van der Waals surface area contributed by atoms with Crippen molar-refractivity contribution in [2.75, 3.05) is 26.4 Å². The third-order valence-corrected chi connectivity index (χ3v) is 5.45. The van der Waals surface area contributed by atoms with E-state index in [0.29, 0.717) is 37.5 Å². The number of hydrogen-bond donors (Lipinski definition) is 0. The number of benzene rings is 2. The van der Waals surface area contributed by atoms with Crippen molar-refractivity contribution in [3.8, 4) is 28.4 Å². The zero-order valence-corrected chi connectivity index (χ0v) is 23.2. The maximum Gasteiger partial charge on any atom is 0.338 e. The van der Waals surface area contributed by atoms with Crippen molar-refractivity contribution in [1.29, 1.82) is 0 Å². The van der Waals surface area contributed by atoms with Crippen LogP contribution in [0.1, 0.15) is 20.8 Å². The molecule has 0 aliphatic rings. The fourth-order valence-electron chi connectivity index (χ4n) is 2.71. The zero-order valence-electron chi connectivity index (χ0n) is 21.1. The minimum absolute atomic E-state index is 0.0282. The first-order valence-electron chi connectivity index (χ1n) is 11.2. The van der Waals surface area contributed by atoms with Gasteiger partial charge in [-0.25, -0.2) is 14.4 Å². The topological polar surface area (TPSA) is 97.4 Å². The van der Waals surface area contributed by atoms with Gasteiger partial charge in [-0.15, -0.1) is 0 Å². The smallest absolute Gasteiger partial charge is 0.338 e. The van der Waals surface area contributed by atoms with E-state index in [-0.39, 0.29) is 26.4 Å². The minimum atomic E-state index is -0.505. The number of ether oxygens (including phenoxy) is 5. The molecule has 0 aliphatic carbocycles. The van der Waals surface area contributed by atoms with Gasteiger partial charge in [0.1, 0.15) is 43.7 Å². The van der Waals surface area contributed by atoms with Crippen LogP contribution >= 0.6 is 22.6 Å². The van der Waals surface area contributed by atoms with Gasteiger partial charge in [-0.2, -0.15) is 0 Å². The number of carbonyl (C=O) groups is 3. The maximum atomic E-state index is 11.9. The van der Waals surface area contributed by atoms with E-state index in [1.807, 2.05) is 12.1 Å². The second-order valence-corrected chi connectivity index (χ2v) is 9.16. The first-order chi connectivity index (χ1) is 17.5. The Morgan fingerprint density at radius 3 is 1.81 bits per heavy atom. The summed E-state index contributed by atoms with van der Waals surface area (Å²) in [7, 11) is 0. The summed E-state index contributed by atoms with van der Waals surface area (Å²) in [6, 6.07) is 10.6. The molecule has 0 bridgehead atoms. The average molecular weight is 620 g/mol. The predicted molar refractivity (Wildman–Crippen MR) is 148 cm³/mol. The maximum absolute atomic E-state index is 11.9. The third kappa shape index (κ3) is 9.41. The van der Waals surface area contributed by atoms with E-state index < -0.39 is 17.9 Å². The van der Waals surface area contributed by atoms with Crippen molar-refractivity contribution in [3.05, 3.63) is 76.4 Å². The Hall–Kier alpha value is -3.60. The molecule has 37 heavy (non-hydrogen) atoms. The van der Waals surface area contributed by atoms with E-state index >= 15 is 0 Å². The molecular formula is C28H29IO8. The summed E-state index contributed by atoms with van der Waals surface area (Å²) in [5.74, 6) is -0.111. The highest BCUT2D eigenvalue weighted by atomic mass is 127. The van der Waals surface area contributed by atoms with Crippen LogP contribution in [0, 0.1) is 3.57 Å². The molecule has 0 atom stereocenters. The summed E-state index contributed by atoms with van der Waals surface area (Å²) in [4.78, 5) is 35.1. The number of carbonyl (C=O) groups excluding carboxylic acids is 3. The van der Waals surface area contributed by atoms with Crippen LogP contribution in [0.15, 0.2) is 72.9 Å². The van der Waals surface area contributed by atoms with E-state index in [0.717, 1.165) is 11.1 Å². The van der Waals surface area contributed by atoms with Crippen LogP contribution in [0.2, 0.25) is 0 Å². The molecule has 0 unspecified atom stereocenters. The van der Waals surface area contributed by atoms with Gasteiger partial charge in [-0.1, -0.05) is 25.8 Å². The van der Waals surface area contributed by atoms with Gasteiger partial charge >= 0.3 is 17.9 Å². The summed E-state index contributed by atoms with van der Waals surface area (Å²) in [5.41, 5.74) is 2.44. The molecule has 0 saturated carbocycles. The standard InChI is InChI=1S/C28H29IO8/c1-17(2)26(30)35-13-11-33-21-8-9-22(25(16-21)34-12-14-36-27(31)18(3)4)20-7-10-24(23(29)15-20)37-28(32)19(5)6/h7-10,15-16H,1,3,5,11-14H2,2,4,6H3. The van der Waals surface area contributed by atoms with Crippen LogP contribution in [0.25, 0.3) is 11.1 Å². The minimum Gasteiger partial charge on any atom is -0.490 e. The van der Waals surface area contributed by atoms with E-state index in [9.17, 15) is 14.4 Å². The molecule has 0 heterocycles. The van der Waals surface area contributed by atoms with Crippen molar-refractivity contribution >= 4 is 40.5 Å². The Balaban J connectivity index is 2.22. The molecule has 0 radical (unpaired) electrons. The van der Waals surface area contributed by atoms with Gasteiger partial charge in [-0.3, -0.25) is 0 Å². The first-order valence-corrected chi connectivity index (χ1v) is 12.3. The normalized spacial score (nSPS) is 10.2. The number of hydrogen-bond acceptors (Lipinski definition) is 8. The van der Waals surface area contributed by atoms with E-state index in [2.05, 4.69) is 42.3 Å². The molecule has 8 nitrogen and oxygen atoms in total. The van der Waals surface area contributed by atoms with E-state index in [1.165, 1.54) is 0 Å². The molecule has 0 saturated heterocycles. The fourth-order valence-corrected chi connectivity index (χ4v) is 3.34. The van der Waals surface area contributed by atoms with Crippen molar-refractivity contribution < 1.29 is 38.1 Å². The first kappa shape index (κ1) is 29.6. The molecule has 0 aromatic heterocycles. The molecule has 0 N–H and O–H groups in total. The van der Waals surface area contributed by atoms with Crippen LogP contribution < -0.4 is 14.2 Å². The largest absolute Gasteiger partial charge is 0.490 e. The summed E-state index contributed by atoms with van der Waals surface area (Å²) >= 11 is 2.08. The predicted octanol–water partition coefficient (Wildman–Crippen LogP) is 5.44. The Kier molecular flexibility index (Phi) is 11.4. The third-order valence-electron chi connectivity index (χ3n) is 4.60. The molecule has 9 heteroatoms. The lowest BCUT2D eigenvalue weighted by Crippen LogP contribution is -2.13. The molecule has 0 fully saturated rings. The molecular weight excluding hydrogens is 591 g/mol. The number of esters is 3. The van der Waals surface area contributed by atoms with E-state index in [4.69, 9.17) is 23.7 Å². The Morgan fingerprint density at radius 2 is 1.27 bits per heavy atom. The number of rotatable bonds is 13. The summed E-state index contributed by atoms with van der Waals surface area (Å²) in [6.07, 6.45) is 0. The lowest BCUT2D eigenvalue weighted by molar-refractivity contribution is -0.140. The van der Waals surface area contributed by atoms with Crippen LogP contribution in [-0.4, -0.2) is 44.3 Å². The SMILES string of the molecule is C=C(C)C(=O)OCCOc1ccc(-c2ccc(OC(=O)C(=C)C)c(I)c2)c(OCCOC(=O)C(=C)C)c1. The van der Waals surface area contributed by atoms with Crippen LogP contribution in [0.4, 0.5) is 0 Å². The van der Waals surface area contributed by atoms with Gasteiger partial charge in [0.25, 0.3) is 0 Å². The molecule has 0 aliphatic heterocycles. The zero-order chi connectivity index (χ0) is 27.5. The average Bonchev–Trinajstić information content (AvgIpc) is 2.85. The Labute approximate surface area is 230 Å². The summed E-state index contributed by atoms with van der Waals surface area (Å²) in [6.45, 7) is 15.7. The van der Waals surface area contributed by atoms with Crippen LogP contribution in [-0.2, 0) is 23.9 Å². The molecule has 0 spiro atoms. The van der Waals surface area contributed by atoms with Crippen molar-refractivity contribution in [3.63, 3.8) is 0 Å². The van der Waals surface area contributed by atoms with Crippen molar-refractivity contribution in [1.82, 2.24) is 0 Å². The van der Waals surface area contributed by atoms with Crippen molar-refractivity contribution in [2.24, 2.45) is 0 Å². The lowest BCUT2D eigenvalue weighted by atomic mass is 10.0. The monoisotopic (exact) mass is 620 g/mol. The van der Waals surface area contributed by atoms with Crippen LogP contribution in [0.5, 0.6) is 17.2 Å². The highest BCUT2D eigenvalue weighted by Gasteiger charge is 2.14. The summed E-state index contributed by atoms with van der Waals surface area (Å²) in [5, 5.41) is 0. The second kappa shape index (κ2) is 14.2. The second-order valence-electron chi connectivity index (χ2n) is 8.00. The molecule has 2 rings (SSSR count). The van der Waals surface area contributed by atoms with Gasteiger partial charge in [-0.05, 0) is 73.2 Å². The van der Waals surface area contributed by atoms with E-state index in [1.54, 1.807) is 45.0 Å². The molecule has 2 aromatic rings. The van der Waals surface area contributed by atoms with Gasteiger partial charge in [0, 0.05) is 28.3 Å². The molecule has 196 valence electrons. The van der Waals surface area contributed by atoms with Gasteiger partial charge in [0.05, 0.1) is 3.57 Å². The molecule has 0 amide bonds. The Morgan fingerprint density at radius 1 is 0.703 bits per heavy atom. The fraction of sp³-hybridized carbons (Fsp3) is 0.250. The lowest BCUT2D eigenvalue weighted by Gasteiger charge is -2.15. The van der Waals surface area contributed by atoms with Gasteiger partial charge in [0.15, 0.2) is 0 Å². The quantitative estimate of drug-likeness (QED) is 0.0962. The number of halogens is 1. The molecule has 2 aromatic carbocycles. The highest BCUT2D eigenvalue weighted by Crippen LogP contribution is 2.36. The van der Waals surface area contributed by atoms with Crippen LogP contribution in [0.3, 0.4) is 0 Å². The van der Waals surface area contributed by atoms with Gasteiger partial charge < -0.3 is 23.7 Å². The highest BCUT2D eigenvalue weighted by molar-refractivity contribution is 14.1.